The van der Waals surface area contributed by atoms with Crippen molar-refractivity contribution >= 4 is 15.4 Å². The first-order chi connectivity index (χ1) is 5.27. The Morgan fingerprint density at radius 2 is 1.73 bits per heavy atom. The minimum Gasteiger partial charge on any atom is -0.493 e. The fourth-order valence-electron chi connectivity index (χ4n) is 0.836. The molecule has 0 saturated heterocycles. The molecule has 0 aliphatic carbocycles. The van der Waals surface area contributed by atoms with Crippen molar-refractivity contribution in [2.45, 2.75) is 0 Å². The summed E-state index contributed by atoms with van der Waals surface area (Å²) in [6, 6.07) is 5.61. The number of hydrogen-bond donors (Lipinski definition) is 0. The van der Waals surface area contributed by atoms with Gasteiger partial charge in [-0.2, -0.15) is 0 Å². The minimum atomic E-state index is 0.736. The number of rotatable bonds is 2. The topological polar surface area (TPSA) is 18.5 Å². The van der Waals surface area contributed by atoms with Gasteiger partial charge in [-0.25, -0.2) is 0 Å². The Balaban J connectivity index is 3.06. The summed E-state index contributed by atoms with van der Waals surface area (Å²) >= 11 is 0. The van der Waals surface area contributed by atoms with Crippen LogP contribution >= 0.6 is 0 Å². The molecule has 0 aliphatic rings. The lowest BCUT2D eigenvalue weighted by molar-refractivity contribution is 0.355. The molecule has 2 nitrogen and oxygen atoms in total. The van der Waals surface area contributed by atoms with Crippen molar-refractivity contribution in [1.29, 1.82) is 0 Å². The fourth-order valence-corrected chi connectivity index (χ4v) is 1.05. The molecule has 0 unspecified atom stereocenters. The summed E-state index contributed by atoms with van der Waals surface area (Å²) in [4.78, 5) is 0. The van der Waals surface area contributed by atoms with Gasteiger partial charge in [-0.1, -0.05) is 11.3 Å². The smallest absolute Gasteiger partial charge is 0.160 e. The second kappa shape index (κ2) is 3.43. The summed E-state index contributed by atoms with van der Waals surface area (Å²) in [6.45, 7) is 0. The molecular formula is C8H9O2Si. The Hall–Kier alpha value is -0.963. The molecule has 0 fully saturated rings. The van der Waals surface area contributed by atoms with E-state index >= 15 is 0 Å². The summed E-state index contributed by atoms with van der Waals surface area (Å²) in [5.74, 6) is 1.48. The molecule has 1 aromatic rings. The zero-order valence-corrected chi connectivity index (χ0v) is 7.55. The second-order valence-electron chi connectivity index (χ2n) is 2.07. The summed E-state index contributed by atoms with van der Waals surface area (Å²) in [5.41, 5.74) is 0. The standard InChI is InChI=1S/C8H9O2Si/c1-9-7-4-3-6(11)5-8(7)10-2/h3-5H,1-2H3. The maximum atomic E-state index is 5.06. The normalized spacial score (nSPS) is 9.36. The van der Waals surface area contributed by atoms with Crippen LogP contribution in [0.5, 0.6) is 11.5 Å². The molecule has 0 heterocycles. The van der Waals surface area contributed by atoms with Crippen LogP contribution in [0.3, 0.4) is 0 Å². The monoisotopic (exact) mass is 165 g/mol. The van der Waals surface area contributed by atoms with Gasteiger partial charge in [-0.15, -0.1) is 0 Å². The molecule has 0 spiro atoms. The zero-order chi connectivity index (χ0) is 8.27. The van der Waals surface area contributed by atoms with Gasteiger partial charge >= 0.3 is 0 Å². The highest BCUT2D eigenvalue weighted by molar-refractivity contribution is 6.32. The van der Waals surface area contributed by atoms with Gasteiger partial charge in [0.1, 0.15) is 0 Å². The maximum Gasteiger partial charge on any atom is 0.160 e. The second-order valence-corrected chi connectivity index (χ2v) is 2.65. The first-order valence-corrected chi connectivity index (χ1v) is 3.71. The predicted molar refractivity (Wildman–Crippen MR) is 44.9 cm³/mol. The van der Waals surface area contributed by atoms with Gasteiger partial charge in [0.15, 0.2) is 11.5 Å². The Kier molecular flexibility index (Phi) is 2.54. The third-order valence-electron chi connectivity index (χ3n) is 1.38. The molecule has 0 N–H and O–H groups in total. The van der Waals surface area contributed by atoms with E-state index in [1.54, 1.807) is 14.2 Å². The van der Waals surface area contributed by atoms with E-state index in [1.165, 1.54) is 0 Å². The molecule has 0 saturated carbocycles. The average Bonchev–Trinajstić information content (AvgIpc) is 2.04. The van der Waals surface area contributed by atoms with E-state index in [2.05, 4.69) is 10.2 Å². The molecule has 0 atom stereocenters. The van der Waals surface area contributed by atoms with Crippen molar-refractivity contribution in [1.82, 2.24) is 0 Å². The van der Waals surface area contributed by atoms with Crippen molar-refractivity contribution in [3.05, 3.63) is 18.2 Å². The first kappa shape index (κ1) is 8.14. The Morgan fingerprint density at radius 1 is 1.09 bits per heavy atom. The predicted octanol–water partition coefficient (Wildman–Crippen LogP) is 0.498. The van der Waals surface area contributed by atoms with Crippen LogP contribution in [0.15, 0.2) is 18.2 Å². The number of benzene rings is 1. The number of hydrogen-bond acceptors (Lipinski definition) is 2. The van der Waals surface area contributed by atoms with Gasteiger partial charge in [-0.3, -0.25) is 0 Å². The van der Waals surface area contributed by atoms with Crippen LogP contribution in [-0.4, -0.2) is 24.5 Å². The summed E-state index contributed by atoms with van der Waals surface area (Å²) in [7, 11) is 6.61. The lowest BCUT2D eigenvalue weighted by atomic mass is 10.3. The first-order valence-electron chi connectivity index (χ1n) is 3.21. The lowest BCUT2D eigenvalue weighted by Crippen LogP contribution is -2.02. The van der Waals surface area contributed by atoms with Crippen LogP contribution < -0.4 is 14.7 Å². The van der Waals surface area contributed by atoms with Gasteiger partial charge in [0.05, 0.1) is 24.5 Å². The Morgan fingerprint density at radius 3 is 2.27 bits per heavy atom. The zero-order valence-electron chi connectivity index (χ0n) is 6.55. The fraction of sp³-hybridized carbons (Fsp3) is 0.250. The molecule has 0 aliphatic heterocycles. The average molecular weight is 165 g/mol. The van der Waals surface area contributed by atoms with Crippen LogP contribution in [0, 0.1) is 0 Å². The van der Waals surface area contributed by atoms with Crippen LogP contribution in [0.2, 0.25) is 0 Å². The van der Waals surface area contributed by atoms with Crippen molar-refractivity contribution < 1.29 is 9.47 Å². The number of ether oxygens (including phenoxy) is 2. The molecule has 11 heavy (non-hydrogen) atoms. The van der Waals surface area contributed by atoms with Gasteiger partial charge in [0, 0.05) is 0 Å². The van der Waals surface area contributed by atoms with Crippen LogP contribution in [0.4, 0.5) is 0 Å². The SMILES string of the molecule is COc1ccc([Si])cc1OC. The quantitative estimate of drug-likeness (QED) is 0.594. The minimum absolute atomic E-state index is 0.736. The largest absolute Gasteiger partial charge is 0.493 e. The van der Waals surface area contributed by atoms with Crippen LogP contribution in [0.1, 0.15) is 0 Å². The third-order valence-corrected chi connectivity index (χ3v) is 1.69. The van der Waals surface area contributed by atoms with E-state index in [4.69, 9.17) is 9.47 Å². The van der Waals surface area contributed by atoms with Gasteiger partial charge < -0.3 is 9.47 Å². The van der Waals surface area contributed by atoms with E-state index in [0.29, 0.717) is 0 Å². The van der Waals surface area contributed by atoms with Crippen LogP contribution in [0.25, 0.3) is 0 Å². The van der Waals surface area contributed by atoms with E-state index in [1.807, 2.05) is 18.2 Å². The molecule has 1 rings (SSSR count). The molecule has 3 radical (unpaired) electrons. The van der Waals surface area contributed by atoms with E-state index in [-0.39, 0.29) is 0 Å². The summed E-state index contributed by atoms with van der Waals surface area (Å²) in [6.07, 6.45) is 0. The summed E-state index contributed by atoms with van der Waals surface area (Å²) in [5, 5.41) is 0.975. The number of methoxy groups -OCH3 is 2. The third kappa shape index (κ3) is 1.74. The highest BCUT2D eigenvalue weighted by atomic mass is 28.1. The summed E-state index contributed by atoms with van der Waals surface area (Å²) < 4.78 is 10.1. The molecular weight excluding hydrogens is 156 g/mol. The van der Waals surface area contributed by atoms with E-state index in [0.717, 1.165) is 16.7 Å². The molecule has 0 aromatic heterocycles. The Bertz CT molecular complexity index is 248. The van der Waals surface area contributed by atoms with Crippen LogP contribution in [-0.2, 0) is 0 Å². The van der Waals surface area contributed by atoms with Crippen molar-refractivity contribution in [2.24, 2.45) is 0 Å². The molecule has 3 heteroatoms. The molecule has 1 aromatic carbocycles. The van der Waals surface area contributed by atoms with Crippen molar-refractivity contribution in [3.63, 3.8) is 0 Å². The van der Waals surface area contributed by atoms with E-state index in [9.17, 15) is 0 Å². The van der Waals surface area contributed by atoms with Gasteiger partial charge in [-0.05, 0) is 12.1 Å². The van der Waals surface area contributed by atoms with E-state index < -0.39 is 0 Å². The Labute approximate surface area is 69.6 Å². The molecule has 57 valence electrons. The highest BCUT2D eigenvalue weighted by Gasteiger charge is 2.00. The molecule has 0 bridgehead atoms. The molecule has 0 amide bonds. The van der Waals surface area contributed by atoms with Gasteiger partial charge in [0.2, 0.25) is 0 Å². The van der Waals surface area contributed by atoms with Crippen molar-refractivity contribution in [3.8, 4) is 11.5 Å². The van der Waals surface area contributed by atoms with Gasteiger partial charge in [0.25, 0.3) is 0 Å². The van der Waals surface area contributed by atoms with Crippen molar-refractivity contribution in [2.75, 3.05) is 14.2 Å². The maximum absolute atomic E-state index is 5.06. The highest BCUT2D eigenvalue weighted by Crippen LogP contribution is 2.23. The lowest BCUT2D eigenvalue weighted by Gasteiger charge is -2.06.